The molecule has 1 heterocycles. The maximum atomic E-state index is 12.8. The number of nitrogens with one attached hydrogen (secondary N) is 3. The number of anilines is 3. The molecule has 0 spiro atoms. The maximum absolute atomic E-state index is 12.8. The molecule has 1 aromatic heterocycles. The zero-order valence-electron chi connectivity index (χ0n) is 20.4. The summed E-state index contributed by atoms with van der Waals surface area (Å²) < 4.78 is 5.30. The number of carbonyl (C=O) groups is 2. The average Bonchev–Trinajstić information content (AvgIpc) is 2.82. The first kappa shape index (κ1) is 26.0. The van der Waals surface area contributed by atoms with E-state index in [0.29, 0.717) is 17.9 Å². The molecule has 1 unspecified atom stereocenters. The molecule has 3 aromatic rings. The van der Waals surface area contributed by atoms with E-state index < -0.39 is 17.7 Å². The number of rotatable bonds is 9. The van der Waals surface area contributed by atoms with Gasteiger partial charge < -0.3 is 20.7 Å². The van der Waals surface area contributed by atoms with Gasteiger partial charge in [0.2, 0.25) is 5.91 Å². The molecule has 9 heteroatoms. The first-order valence-electron chi connectivity index (χ1n) is 11.3. The Kier molecular flexibility index (Phi) is 9.08. The predicted octanol–water partition coefficient (Wildman–Crippen LogP) is 5.47. The fraction of sp³-hybridized carbons (Fsp3) is 0.308. The summed E-state index contributed by atoms with van der Waals surface area (Å²) in [7, 11) is 0. The summed E-state index contributed by atoms with van der Waals surface area (Å²) in [5.41, 5.74) is 2.62. The van der Waals surface area contributed by atoms with E-state index in [4.69, 9.17) is 4.74 Å². The van der Waals surface area contributed by atoms with Crippen molar-refractivity contribution in [2.24, 2.45) is 0 Å². The molecule has 184 valence electrons. The molecule has 0 aliphatic rings. The highest BCUT2D eigenvalue weighted by atomic mass is 32.2. The molecule has 3 rings (SSSR count). The summed E-state index contributed by atoms with van der Waals surface area (Å²) >= 11 is 1.61. The monoisotopic (exact) mass is 493 g/mol. The molecule has 8 nitrogen and oxygen atoms in total. The molecule has 0 radical (unpaired) electrons. The number of hydrogen-bond acceptors (Lipinski definition) is 7. The summed E-state index contributed by atoms with van der Waals surface area (Å²) in [5, 5.41) is 8.80. The van der Waals surface area contributed by atoms with Gasteiger partial charge in [-0.05, 0) is 63.5 Å². The molecule has 0 bridgehead atoms. The van der Waals surface area contributed by atoms with Crippen LogP contribution in [0.2, 0.25) is 0 Å². The smallest absolute Gasteiger partial charge is 0.408 e. The fourth-order valence-corrected chi connectivity index (χ4v) is 3.63. The van der Waals surface area contributed by atoms with Crippen LogP contribution >= 0.6 is 11.8 Å². The molecule has 0 fully saturated rings. The lowest BCUT2D eigenvalue weighted by atomic mass is 10.1. The number of amides is 2. The van der Waals surface area contributed by atoms with Gasteiger partial charge in [0, 0.05) is 23.0 Å². The molecule has 0 saturated heterocycles. The summed E-state index contributed by atoms with van der Waals surface area (Å²) in [4.78, 5) is 33.7. The molecule has 0 aliphatic carbocycles. The molecule has 3 N–H and O–H groups in total. The van der Waals surface area contributed by atoms with E-state index in [9.17, 15) is 9.59 Å². The van der Waals surface area contributed by atoms with E-state index in [2.05, 4.69) is 25.9 Å². The van der Waals surface area contributed by atoms with Crippen LogP contribution in [0.15, 0.2) is 67.0 Å². The molecular formula is C26H31N5O3S. The first-order chi connectivity index (χ1) is 16.7. The van der Waals surface area contributed by atoms with Crippen molar-refractivity contribution >= 4 is 41.0 Å². The van der Waals surface area contributed by atoms with Gasteiger partial charge in [-0.15, -0.1) is 0 Å². The third-order valence-corrected chi connectivity index (χ3v) is 5.42. The lowest BCUT2D eigenvalue weighted by Gasteiger charge is -2.23. The lowest BCUT2D eigenvalue weighted by Crippen LogP contribution is -2.46. The number of ether oxygens (including phenoxy) is 1. The van der Waals surface area contributed by atoms with Crippen LogP contribution in [0.5, 0.6) is 0 Å². The zero-order valence-corrected chi connectivity index (χ0v) is 21.2. The number of aromatic nitrogens is 2. The van der Waals surface area contributed by atoms with E-state index >= 15 is 0 Å². The topological polar surface area (TPSA) is 105 Å². The van der Waals surface area contributed by atoms with Gasteiger partial charge in [-0.25, -0.2) is 14.8 Å². The van der Waals surface area contributed by atoms with Gasteiger partial charge in [-0.3, -0.25) is 4.79 Å². The van der Waals surface area contributed by atoms with Crippen LogP contribution in [-0.2, 0) is 9.53 Å². The predicted molar refractivity (Wildman–Crippen MR) is 142 cm³/mol. The highest BCUT2D eigenvalue weighted by Crippen LogP contribution is 2.22. The Morgan fingerprint density at radius 1 is 1.00 bits per heavy atom. The summed E-state index contributed by atoms with van der Waals surface area (Å²) in [6, 6.07) is 18.3. The van der Waals surface area contributed by atoms with Crippen molar-refractivity contribution in [2.75, 3.05) is 22.6 Å². The lowest BCUT2D eigenvalue weighted by molar-refractivity contribution is -0.118. The van der Waals surface area contributed by atoms with Crippen molar-refractivity contribution in [3.8, 4) is 11.3 Å². The number of benzene rings is 2. The molecular weight excluding hydrogens is 462 g/mol. The second kappa shape index (κ2) is 12.2. The van der Waals surface area contributed by atoms with Crippen LogP contribution < -0.4 is 16.0 Å². The molecule has 0 aliphatic heterocycles. The fourth-order valence-electron chi connectivity index (χ4n) is 3.16. The number of carbonyl (C=O) groups excluding carboxylic acids is 2. The summed E-state index contributed by atoms with van der Waals surface area (Å²) in [5.74, 6) is 1.09. The number of nitrogens with zero attached hydrogens (tertiary/aromatic N) is 2. The van der Waals surface area contributed by atoms with Crippen molar-refractivity contribution in [2.45, 2.75) is 38.8 Å². The zero-order chi connectivity index (χ0) is 25.3. The summed E-state index contributed by atoms with van der Waals surface area (Å²) in [6.07, 6.45) is 3.35. The van der Waals surface area contributed by atoms with Gasteiger partial charge >= 0.3 is 6.09 Å². The van der Waals surface area contributed by atoms with Crippen LogP contribution in [0.25, 0.3) is 11.3 Å². The van der Waals surface area contributed by atoms with Crippen molar-refractivity contribution < 1.29 is 14.3 Å². The molecule has 2 aromatic carbocycles. The minimum absolute atomic E-state index is 0.297. The largest absolute Gasteiger partial charge is 0.444 e. The maximum Gasteiger partial charge on any atom is 0.408 e. The number of hydrogen-bond donors (Lipinski definition) is 3. The molecule has 0 saturated carbocycles. The third kappa shape index (κ3) is 8.60. The highest BCUT2D eigenvalue weighted by Gasteiger charge is 2.24. The van der Waals surface area contributed by atoms with Gasteiger partial charge in [0.15, 0.2) is 0 Å². The SMILES string of the molecule is CSCCC(NC(=O)OC(C)(C)C)C(=O)Nc1ccc(Nc2cc(-c3ccccc3)ncn2)cc1. The van der Waals surface area contributed by atoms with Crippen molar-refractivity contribution in [1.29, 1.82) is 0 Å². The van der Waals surface area contributed by atoms with Gasteiger partial charge in [0.1, 0.15) is 23.8 Å². The quantitative estimate of drug-likeness (QED) is 0.363. The van der Waals surface area contributed by atoms with E-state index in [0.717, 1.165) is 22.7 Å². The van der Waals surface area contributed by atoms with Gasteiger partial charge in [0.05, 0.1) is 5.69 Å². The van der Waals surface area contributed by atoms with E-state index in [-0.39, 0.29) is 5.91 Å². The van der Waals surface area contributed by atoms with Crippen LogP contribution in [0.1, 0.15) is 27.2 Å². The standard InChI is InChI=1S/C26H31N5O3S/c1-26(2,3)34-25(33)31-21(14-15-35-4)24(32)30-20-12-10-19(11-13-20)29-23-16-22(27-17-28-23)18-8-6-5-7-9-18/h5-13,16-17,21H,14-15H2,1-4H3,(H,30,32)(H,31,33)(H,27,28,29). The second-order valence-electron chi connectivity index (χ2n) is 8.83. The van der Waals surface area contributed by atoms with Crippen LogP contribution in [-0.4, -0.2) is 45.6 Å². The van der Waals surface area contributed by atoms with Crippen molar-refractivity contribution in [3.63, 3.8) is 0 Å². The van der Waals surface area contributed by atoms with Gasteiger partial charge in [-0.1, -0.05) is 30.3 Å². The Morgan fingerprint density at radius 3 is 2.34 bits per heavy atom. The van der Waals surface area contributed by atoms with Crippen LogP contribution in [0.3, 0.4) is 0 Å². The molecule has 2 amide bonds. The molecule has 35 heavy (non-hydrogen) atoms. The van der Waals surface area contributed by atoms with Crippen LogP contribution in [0.4, 0.5) is 22.0 Å². The van der Waals surface area contributed by atoms with Crippen LogP contribution in [0, 0.1) is 0 Å². The Morgan fingerprint density at radius 2 is 1.69 bits per heavy atom. The Labute approximate surface area is 210 Å². The van der Waals surface area contributed by atoms with E-state index in [1.54, 1.807) is 44.7 Å². The minimum Gasteiger partial charge on any atom is -0.444 e. The van der Waals surface area contributed by atoms with Gasteiger partial charge in [-0.2, -0.15) is 11.8 Å². The van der Waals surface area contributed by atoms with E-state index in [1.807, 2.05) is 54.8 Å². The molecule has 1 atom stereocenters. The average molecular weight is 494 g/mol. The van der Waals surface area contributed by atoms with Crippen molar-refractivity contribution in [1.82, 2.24) is 15.3 Å². The number of thioether (sulfide) groups is 1. The summed E-state index contributed by atoms with van der Waals surface area (Å²) in [6.45, 7) is 5.34. The van der Waals surface area contributed by atoms with E-state index in [1.165, 1.54) is 6.33 Å². The van der Waals surface area contributed by atoms with Crippen molar-refractivity contribution in [3.05, 3.63) is 67.0 Å². The Hall–Kier alpha value is -3.59. The first-order valence-corrected chi connectivity index (χ1v) is 12.7. The van der Waals surface area contributed by atoms with Gasteiger partial charge in [0.25, 0.3) is 0 Å². The minimum atomic E-state index is -0.701. The number of alkyl carbamates (subject to hydrolysis) is 1. The normalized spacial score (nSPS) is 11.9. The Balaban J connectivity index is 1.62. The third-order valence-electron chi connectivity index (χ3n) is 4.78. The Bertz CT molecular complexity index is 1120. The highest BCUT2D eigenvalue weighted by molar-refractivity contribution is 7.98. The second-order valence-corrected chi connectivity index (χ2v) is 9.81.